The third-order valence-corrected chi connectivity index (χ3v) is 3.45. The molecule has 0 amide bonds. The fraction of sp³-hybridized carbons (Fsp3) is 0.0588. The first-order valence-electron chi connectivity index (χ1n) is 6.50. The molecule has 0 aliphatic rings. The van der Waals surface area contributed by atoms with Crippen molar-refractivity contribution in [1.82, 2.24) is 0 Å². The highest BCUT2D eigenvalue weighted by Gasteiger charge is 2.07. The molecule has 0 aliphatic heterocycles. The Balaban J connectivity index is 1.98. The average Bonchev–Trinajstić information content (AvgIpc) is 2.54. The topological polar surface area (TPSA) is 63.2 Å². The number of benzene rings is 2. The van der Waals surface area contributed by atoms with Crippen LogP contribution in [0.25, 0.3) is 11.0 Å². The molecule has 1 aromatic heterocycles. The van der Waals surface area contributed by atoms with Gasteiger partial charge in [-0.05, 0) is 42.0 Å². The van der Waals surface area contributed by atoms with Crippen LogP contribution in [0.4, 0.5) is 0 Å². The summed E-state index contributed by atoms with van der Waals surface area (Å²) in [5, 5.41) is 9.55. The van der Waals surface area contributed by atoms with Crippen LogP contribution in [0.2, 0.25) is 0 Å². The van der Waals surface area contributed by atoms with Gasteiger partial charge < -0.3 is 9.15 Å². The Morgan fingerprint density at radius 2 is 1.82 bits per heavy atom. The number of alkyl halides is 1. The van der Waals surface area contributed by atoms with Gasteiger partial charge in [0, 0.05) is 23.4 Å². The van der Waals surface area contributed by atoms with Crippen molar-refractivity contribution in [3.05, 3.63) is 70.1 Å². The Kier molecular flexibility index (Phi) is 3.82. The minimum absolute atomic E-state index is 0.234. The summed E-state index contributed by atoms with van der Waals surface area (Å²) in [5.41, 5.74) is 1.26. The molecule has 0 atom stereocenters. The maximum atomic E-state index is 11.5. The third kappa shape index (κ3) is 2.80. The molecule has 0 saturated heterocycles. The molecule has 22 heavy (non-hydrogen) atoms. The summed E-state index contributed by atoms with van der Waals surface area (Å²) in [5.74, 6) is 1.36. The molecule has 1 heterocycles. The van der Waals surface area contributed by atoms with Crippen LogP contribution in [0.15, 0.2) is 57.7 Å². The molecule has 0 bridgehead atoms. The zero-order chi connectivity index (χ0) is 15.5. The number of fused-ring (bicyclic) bond motifs is 1. The highest BCUT2D eigenvalue weighted by atomic mass is 35.5. The van der Waals surface area contributed by atoms with E-state index in [1.807, 2.05) is 6.07 Å². The van der Waals surface area contributed by atoms with Gasteiger partial charge in [-0.25, -0.2) is 4.79 Å². The largest absolute Gasteiger partial charge is 0.457 e. The van der Waals surface area contributed by atoms with Crippen molar-refractivity contribution < 1.29 is 9.15 Å². The fourth-order valence-electron chi connectivity index (χ4n) is 2.12. The van der Waals surface area contributed by atoms with E-state index in [0.29, 0.717) is 22.6 Å². The Bertz CT molecular complexity index is 923. The standard InChI is InChI=1S/C17H10ClNO3/c18-9-12-7-17(20)22-16-8-14(5-6-15(12)16)21-13-3-1-11(10-19)2-4-13/h1-8H,9H2. The van der Waals surface area contributed by atoms with Crippen LogP contribution in [-0.4, -0.2) is 0 Å². The fourth-order valence-corrected chi connectivity index (χ4v) is 2.34. The van der Waals surface area contributed by atoms with Gasteiger partial charge in [-0.3, -0.25) is 0 Å². The van der Waals surface area contributed by atoms with Crippen LogP contribution in [0.5, 0.6) is 11.5 Å². The lowest BCUT2D eigenvalue weighted by molar-refractivity contribution is 0.480. The van der Waals surface area contributed by atoms with Gasteiger partial charge in [0.25, 0.3) is 0 Å². The zero-order valence-electron chi connectivity index (χ0n) is 11.4. The van der Waals surface area contributed by atoms with Gasteiger partial charge in [0.1, 0.15) is 17.1 Å². The predicted octanol–water partition coefficient (Wildman–Crippen LogP) is 4.20. The quantitative estimate of drug-likeness (QED) is 0.537. The highest BCUT2D eigenvalue weighted by molar-refractivity contribution is 6.17. The minimum Gasteiger partial charge on any atom is -0.457 e. The summed E-state index contributed by atoms with van der Waals surface area (Å²) >= 11 is 5.84. The second kappa shape index (κ2) is 5.92. The van der Waals surface area contributed by atoms with Gasteiger partial charge in [-0.2, -0.15) is 5.26 Å². The molecule has 4 nitrogen and oxygen atoms in total. The number of rotatable bonds is 3. The molecule has 0 N–H and O–H groups in total. The van der Waals surface area contributed by atoms with Gasteiger partial charge in [-0.15, -0.1) is 11.6 Å². The van der Waals surface area contributed by atoms with Crippen molar-refractivity contribution >= 4 is 22.6 Å². The number of halogens is 1. The number of hydrogen-bond acceptors (Lipinski definition) is 4. The summed E-state index contributed by atoms with van der Waals surface area (Å²) in [6, 6.07) is 15.4. The molecule has 0 unspecified atom stereocenters. The summed E-state index contributed by atoms with van der Waals surface area (Å²) in [4.78, 5) is 11.5. The molecule has 3 aromatic rings. The molecule has 0 fully saturated rings. The van der Waals surface area contributed by atoms with Gasteiger partial charge in [-0.1, -0.05) is 0 Å². The van der Waals surface area contributed by atoms with Crippen LogP contribution in [-0.2, 0) is 5.88 Å². The van der Waals surface area contributed by atoms with Crippen molar-refractivity contribution in [2.24, 2.45) is 0 Å². The predicted molar refractivity (Wildman–Crippen MR) is 83.3 cm³/mol. The lowest BCUT2D eigenvalue weighted by Gasteiger charge is -2.07. The Morgan fingerprint density at radius 1 is 1.09 bits per heavy atom. The Hall–Kier alpha value is -2.77. The first-order chi connectivity index (χ1) is 10.7. The minimum atomic E-state index is -0.446. The van der Waals surface area contributed by atoms with E-state index in [4.69, 9.17) is 26.0 Å². The molecule has 0 spiro atoms. The molecule has 5 heteroatoms. The number of nitrogens with zero attached hydrogens (tertiary/aromatic N) is 1. The van der Waals surface area contributed by atoms with Gasteiger partial charge in [0.15, 0.2) is 0 Å². The molecule has 108 valence electrons. The molecule has 0 saturated carbocycles. The van der Waals surface area contributed by atoms with E-state index in [1.165, 1.54) is 6.07 Å². The van der Waals surface area contributed by atoms with E-state index in [1.54, 1.807) is 42.5 Å². The second-order valence-corrected chi connectivity index (χ2v) is 4.89. The van der Waals surface area contributed by atoms with E-state index in [-0.39, 0.29) is 5.88 Å². The smallest absolute Gasteiger partial charge is 0.336 e. The number of nitriles is 1. The van der Waals surface area contributed by atoms with Crippen molar-refractivity contribution in [3.63, 3.8) is 0 Å². The molecule has 0 radical (unpaired) electrons. The summed E-state index contributed by atoms with van der Waals surface area (Å²) in [6.45, 7) is 0. The summed E-state index contributed by atoms with van der Waals surface area (Å²) in [7, 11) is 0. The normalized spacial score (nSPS) is 10.4. The van der Waals surface area contributed by atoms with E-state index >= 15 is 0 Å². The van der Waals surface area contributed by atoms with Crippen LogP contribution >= 0.6 is 11.6 Å². The summed E-state index contributed by atoms with van der Waals surface area (Å²) in [6.07, 6.45) is 0. The van der Waals surface area contributed by atoms with Crippen molar-refractivity contribution in [2.45, 2.75) is 5.88 Å². The Labute approximate surface area is 131 Å². The van der Waals surface area contributed by atoms with Gasteiger partial charge in [0.05, 0.1) is 11.6 Å². The molecule has 2 aromatic carbocycles. The van der Waals surface area contributed by atoms with Crippen molar-refractivity contribution in [3.8, 4) is 17.6 Å². The molecule has 3 rings (SSSR count). The summed E-state index contributed by atoms with van der Waals surface area (Å²) < 4.78 is 10.9. The van der Waals surface area contributed by atoms with Crippen molar-refractivity contribution in [1.29, 1.82) is 5.26 Å². The van der Waals surface area contributed by atoms with Gasteiger partial charge >= 0.3 is 5.63 Å². The van der Waals surface area contributed by atoms with E-state index in [2.05, 4.69) is 0 Å². The first kappa shape index (κ1) is 14.2. The highest BCUT2D eigenvalue weighted by Crippen LogP contribution is 2.27. The number of hydrogen-bond donors (Lipinski definition) is 0. The van der Waals surface area contributed by atoms with Crippen LogP contribution < -0.4 is 10.4 Å². The van der Waals surface area contributed by atoms with Crippen LogP contribution in [0.1, 0.15) is 11.1 Å². The SMILES string of the molecule is N#Cc1ccc(Oc2ccc3c(CCl)cc(=O)oc3c2)cc1. The van der Waals surface area contributed by atoms with E-state index in [0.717, 1.165) is 10.9 Å². The van der Waals surface area contributed by atoms with Crippen molar-refractivity contribution in [2.75, 3.05) is 0 Å². The van der Waals surface area contributed by atoms with Crippen LogP contribution in [0, 0.1) is 11.3 Å². The average molecular weight is 312 g/mol. The van der Waals surface area contributed by atoms with Gasteiger partial charge in [0.2, 0.25) is 0 Å². The monoisotopic (exact) mass is 311 g/mol. The van der Waals surface area contributed by atoms with E-state index < -0.39 is 5.63 Å². The lowest BCUT2D eigenvalue weighted by Crippen LogP contribution is -1.99. The number of ether oxygens (including phenoxy) is 1. The maximum absolute atomic E-state index is 11.5. The molecular formula is C17H10ClNO3. The Morgan fingerprint density at radius 3 is 2.50 bits per heavy atom. The first-order valence-corrected chi connectivity index (χ1v) is 7.04. The third-order valence-electron chi connectivity index (χ3n) is 3.16. The molecular weight excluding hydrogens is 302 g/mol. The van der Waals surface area contributed by atoms with Crippen LogP contribution in [0.3, 0.4) is 0 Å². The molecule has 0 aliphatic carbocycles. The zero-order valence-corrected chi connectivity index (χ0v) is 12.1. The lowest BCUT2D eigenvalue weighted by atomic mass is 10.1. The van der Waals surface area contributed by atoms with E-state index in [9.17, 15) is 4.79 Å². The second-order valence-electron chi connectivity index (χ2n) is 4.62. The maximum Gasteiger partial charge on any atom is 0.336 e.